The number of pyridine rings is 1. The Morgan fingerprint density at radius 1 is 1.11 bits per heavy atom. The highest BCUT2D eigenvalue weighted by Gasteiger charge is 2.39. The van der Waals surface area contributed by atoms with Gasteiger partial charge in [-0.2, -0.15) is 18.3 Å². The van der Waals surface area contributed by atoms with E-state index >= 15 is 0 Å². The van der Waals surface area contributed by atoms with Crippen molar-refractivity contribution in [3.63, 3.8) is 0 Å². The number of amides is 2. The predicted molar refractivity (Wildman–Crippen MR) is 124 cm³/mol. The molecule has 2 aromatic heterocycles. The smallest absolute Gasteiger partial charge is 0.342 e. The second kappa shape index (κ2) is 10.3. The van der Waals surface area contributed by atoms with Gasteiger partial charge in [0.15, 0.2) is 5.69 Å². The van der Waals surface area contributed by atoms with Crippen molar-refractivity contribution in [2.24, 2.45) is 0 Å². The zero-order valence-corrected chi connectivity index (χ0v) is 19.3. The molecule has 0 radical (unpaired) electrons. The van der Waals surface area contributed by atoms with E-state index in [-0.39, 0.29) is 24.3 Å². The number of anilines is 1. The second-order valence-corrected chi connectivity index (χ2v) is 8.55. The molecule has 0 saturated heterocycles. The monoisotopic (exact) mass is 485 g/mol. The number of hydrogen-bond acceptors (Lipinski definition) is 4. The van der Waals surface area contributed by atoms with Crippen LogP contribution in [0.4, 0.5) is 18.9 Å². The molecule has 2 heterocycles. The summed E-state index contributed by atoms with van der Waals surface area (Å²) in [6, 6.07) is 11.6. The number of nitrogens with zero attached hydrogens (tertiary/aromatic N) is 4. The zero-order valence-electron chi connectivity index (χ0n) is 19.3. The molecule has 0 fully saturated rings. The molecule has 1 atom stereocenters. The number of para-hydroxylation sites is 1. The Hall–Kier alpha value is -3.69. The molecule has 1 aliphatic carbocycles. The average molecular weight is 486 g/mol. The lowest BCUT2D eigenvalue weighted by Crippen LogP contribution is -2.49. The summed E-state index contributed by atoms with van der Waals surface area (Å²) in [4.78, 5) is 31.8. The summed E-state index contributed by atoms with van der Waals surface area (Å²) >= 11 is 0. The molecule has 1 aliphatic rings. The third-order valence-electron chi connectivity index (χ3n) is 6.09. The Kier molecular flexibility index (Phi) is 7.18. The minimum Gasteiger partial charge on any atom is -0.342 e. The number of carbonyl (C=O) groups is 2. The van der Waals surface area contributed by atoms with Gasteiger partial charge >= 0.3 is 6.18 Å². The Labute approximate surface area is 201 Å². The standard InChI is InChI=1S/C25H26F3N5O2/c1-32(18-9-3-2-4-10-18)24(35)20(14-17-8-7-13-29-15-17)30-22(34)16-33-21-12-6-5-11-19(21)23(31-33)25(26,27)28/h2-4,7-10,13,15,20H,5-6,11-12,14,16H2,1H3,(H,30,34)/t20-/m0/s1. The first-order valence-electron chi connectivity index (χ1n) is 11.4. The fraction of sp³-hybridized carbons (Fsp3) is 0.360. The summed E-state index contributed by atoms with van der Waals surface area (Å²) in [5.74, 6) is -0.940. The number of rotatable bonds is 7. The third kappa shape index (κ3) is 5.70. The summed E-state index contributed by atoms with van der Waals surface area (Å²) in [5.41, 5.74) is 1.08. The highest BCUT2D eigenvalue weighted by Crippen LogP contribution is 2.35. The van der Waals surface area contributed by atoms with Crippen LogP contribution in [0.25, 0.3) is 0 Å². The van der Waals surface area contributed by atoms with Gasteiger partial charge in [-0.1, -0.05) is 24.3 Å². The quantitative estimate of drug-likeness (QED) is 0.555. The molecule has 2 amide bonds. The van der Waals surface area contributed by atoms with Crippen LogP contribution in [0.15, 0.2) is 54.9 Å². The lowest BCUT2D eigenvalue weighted by Gasteiger charge is -2.25. The minimum atomic E-state index is -4.58. The summed E-state index contributed by atoms with van der Waals surface area (Å²) in [5, 5.41) is 6.47. The number of likely N-dealkylation sites (N-methyl/N-ethyl adjacent to an activating group) is 1. The van der Waals surface area contributed by atoms with Crippen LogP contribution in [-0.4, -0.2) is 39.7 Å². The van der Waals surface area contributed by atoms with Crippen molar-refractivity contribution in [1.29, 1.82) is 0 Å². The fourth-order valence-corrected chi connectivity index (χ4v) is 4.37. The largest absolute Gasteiger partial charge is 0.435 e. The van der Waals surface area contributed by atoms with E-state index in [9.17, 15) is 22.8 Å². The van der Waals surface area contributed by atoms with Crippen LogP contribution in [0.3, 0.4) is 0 Å². The van der Waals surface area contributed by atoms with Crippen molar-refractivity contribution in [3.05, 3.63) is 77.4 Å². The van der Waals surface area contributed by atoms with Crippen LogP contribution in [0, 0.1) is 0 Å². The van der Waals surface area contributed by atoms with Gasteiger partial charge in [-0.25, -0.2) is 0 Å². The summed E-state index contributed by atoms with van der Waals surface area (Å²) in [6.45, 7) is -0.399. The van der Waals surface area contributed by atoms with E-state index in [1.807, 2.05) is 6.07 Å². The van der Waals surface area contributed by atoms with Crippen LogP contribution in [0.1, 0.15) is 35.4 Å². The summed E-state index contributed by atoms with van der Waals surface area (Å²) < 4.78 is 41.6. The highest BCUT2D eigenvalue weighted by molar-refractivity contribution is 5.98. The van der Waals surface area contributed by atoms with E-state index in [1.54, 1.807) is 55.8 Å². The van der Waals surface area contributed by atoms with Crippen molar-refractivity contribution in [3.8, 4) is 0 Å². The molecule has 0 unspecified atom stereocenters. The molecule has 4 rings (SSSR count). The van der Waals surface area contributed by atoms with E-state index in [1.165, 1.54) is 4.90 Å². The van der Waals surface area contributed by atoms with Crippen LogP contribution in [0.2, 0.25) is 0 Å². The highest BCUT2D eigenvalue weighted by atomic mass is 19.4. The average Bonchev–Trinajstić information content (AvgIpc) is 3.23. The van der Waals surface area contributed by atoms with Gasteiger partial charge in [-0.05, 0) is 49.4 Å². The van der Waals surface area contributed by atoms with Gasteiger partial charge in [0.2, 0.25) is 11.8 Å². The van der Waals surface area contributed by atoms with Gasteiger partial charge in [0.25, 0.3) is 0 Å². The molecule has 0 aliphatic heterocycles. The number of aromatic nitrogens is 3. The predicted octanol–water partition coefficient (Wildman–Crippen LogP) is 3.57. The lowest BCUT2D eigenvalue weighted by atomic mass is 9.95. The van der Waals surface area contributed by atoms with Crippen LogP contribution in [-0.2, 0) is 41.6 Å². The first-order chi connectivity index (χ1) is 16.7. The Morgan fingerprint density at radius 3 is 2.54 bits per heavy atom. The maximum absolute atomic E-state index is 13.5. The number of hydrogen-bond donors (Lipinski definition) is 1. The first kappa shape index (κ1) is 24.4. The van der Waals surface area contributed by atoms with Crippen LogP contribution >= 0.6 is 0 Å². The maximum atomic E-state index is 13.5. The van der Waals surface area contributed by atoms with Gasteiger partial charge in [-0.15, -0.1) is 0 Å². The van der Waals surface area contributed by atoms with Crippen molar-refractivity contribution >= 4 is 17.5 Å². The van der Waals surface area contributed by atoms with Gasteiger partial charge in [0, 0.05) is 42.8 Å². The molecule has 0 bridgehead atoms. The molecule has 35 heavy (non-hydrogen) atoms. The van der Waals surface area contributed by atoms with Gasteiger partial charge in [0.05, 0.1) is 0 Å². The Balaban J connectivity index is 1.56. The number of halogens is 3. The molecule has 1 aromatic carbocycles. The van der Waals surface area contributed by atoms with Crippen LogP contribution in [0.5, 0.6) is 0 Å². The normalized spacial score (nSPS) is 14.2. The van der Waals surface area contributed by atoms with Gasteiger partial charge in [0.1, 0.15) is 12.6 Å². The lowest BCUT2D eigenvalue weighted by molar-refractivity contribution is -0.142. The van der Waals surface area contributed by atoms with E-state index in [0.717, 1.165) is 16.7 Å². The number of alkyl halides is 3. The molecule has 3 aromatic rings. The van der Waals surface area contributed by atoms with E-state index in [4.69, 9.17) is 0 Å². The molecule has 184 valence electrons. The van der Waals surface area contributed by atoms with Crippen molar-refractivity contribution in [1.82, 2.24) is 20.1 Å². The van der Waals surface area contributed by atoms with E-state index < -0.39 is 30.4 Å². The molecule has 1 N–H and O–H groups in total. The molecule has 7 nitrogen and oxygen atoms in total. The van der Waals surface area contributed by atoms with Gasteiger partial charge in [-0.3, -0.25) is 19.3 Å². The number of carbonyl (C=O) groups excluding carboxylic acids is 2. The first-order valence-corrected chi connectivity index (χ1v) is 11.4. The molecule has 0 saturated carbocycles. The third-order valence-corrected chi connectivity index (χ3v) is 6.09. The van der Waals surface area contributed by atoms with Crippen LogP contribution < -0.4 is 10.2 Å². The van der Waals surface area contributed by atoms with E-state index in [2.05, 4.69) is 15.4 Å². The van der Waals surface area contributed by atoms with Gasteiger partial charge < -0.3 is 10.2 Å². The van der Waals surface area contributed by atoms with Crippen molar-refractivity contribution in [2.75, 3.05) is 11.9 Å². The SMILES string of the molecule is CN(C(=O)[C@H](Cc1cccnc1)NC(=O)Cn1nc(C(F)(F)F)c2c1CCCC2)c1ccccc1. The Bertz CT molecular complexity index is 1180. The minimum absolute atomic E-state index is 0.170. The maximum Gasteiger partial charge on any atom is 0.435 e. The topological polar surface area (TPSA) is 80.1 Å². The number of fused-ring (bicyclic) bond motifs is 1. The van der Waals surface area contributed by atoms with Crippen molar-refractivity contribution < 1.29 is 22.8 Å². The number of nitrogens with one attached hydrogen (secondary N) is 1. The molecule has 0 spiro atoms. The molecular formula is C25H26F3N5O2. The summed E-state index contributed by atoms with van der Waals surface area (Å²) in [7, 11) is 1.61. The number of benzene rings is 1. The zero-order chi connectivity index (χ0) is 25.0. The fourth-order valence-electron chi connectivity index (χ4n) is 4.37. The van der Waals surface area contributed by atoms with E-state index in [0.29, 0.717) is 24.2 Å². The molecular weight excluding hydrogens is 459 g/mol. The van der Waals surface area contributed by atoms with Crippen molar-refractivity contribution in [2.45, 2.75) is 50.9 Å². The Morgan fingerprint density at radius 2 is 1.86 bits per heavy atom. The molecule has 10 heteroatoms. The second-order valence-electron chi connectivity index (χ2n) is 8.55. The summed E-state index contributed by atoms with van der Waals surface area (Å²) in [6.07, 6.45) is 0.919.